The first-order valence-corrected chi connectivity index (χ1v) is 7.00. The molecule has 2 heterocycles. The van der Waals surface area contributed by atoms with E-state index in [0.717, 1.165) is 29.9 Å². The van der Waals surface area contributed by atoms with Crippen molar-refractivity contribution in [3.05, 3.63) is 29.4 Å². The molecule has 0 bridgehead atoms. The van der Waals surface area contributed by atoms with Crippen molar-refractivity contribution in [2.45, 2.75) is 18.9 Å². The predicted molar refractivity (Wildman–Crippen MR) is 73.5 cm³/mol. The smallest absolute Gasteiger partial charge is 0.180 e. The molecule has 0 atom stereocenters. The summed E-state index contributed by atoms with van der Waals surface area (Å²) in [6.07, 6.45) is 2.21. The SMILES string of the molecule is Nc1nc(-c2nc3c(F)cccc3n2C2CC2)cs1. The fraction of sp³-hybridized carbons (Fsp3) is 0.231. The second-order valence-corrected chi connectivity index (χ2v) is 5.60. The Balaban J connectivity index is 2.04. The van der Waals surface area contributed by atoms with Crippen molar-refractivity contribution in [2.75, 3.05) is 5.73 Å². The molecule has 1 saturated carbocycles. The van der Waals surface area contributed by atoms with Gasteiger partial charge in [-0.25, -0.2) is 14.4 Å². The third kappa shape index (κ3) is 1.63. The van der Waals surface area contributed by atoms with E-state index >= 15 is 0 Å². The molecule has 4 nitrogen and oxygen atoms in total. The number of hydrogen-bond acceptors (Lipinski definition) is 4. The molecule has 3 aromatic rings. The highest BCUT2D eigenvalue weighted by Crippen LogP contribution is 2.41. The van der Waals surface area contributed by atoms with Gasteiger partial charge in [0.05, 0.1) is 5.52 Å². The molecule has 96 valence electrons. The number of anilines is 1. The standard InChI is InChI=1S/C13H11FN4S/c14-8-2-1-3-10-11(8)17-12(18(10)7-4-5-7)9-6-19-13(15)16-9/h1-3,6-7H,4-5H2,(H2,15,16). The molecule has 6 heteroatoms. The van der Waals surface area contributed by atoms with E-state index in [9.17, 15) is 4.39 Å². The molecular weight excluding hydrogens is 263 g/mol. The first-order valence-electron chi connectivity index (χ1n) is 6.12. The molecule has 4 rings (SSSR count). The van der Waals surface area contributed by atoms with E-state index in [2.05, 4.69) is 14.5 Å². The van der Waals surface area contributed by atoms with Gasteiger partial charge in [-0.3, -0.25) is 0 Å². The lowest BCUT2D eigenvalue weighted by Crippen LogP contribution is -1.97. The molecule has 1 aliphatic rings. The maximum Gasteiger partial charge on any atom is 0.180 e. The van der Waals surface area contributed by atoms with E-state index in [0.29, 0.717) is 16.7 Å². The van der Waals surface area contributed by atoms with Crippen LogP contribution in [0.1, 0.15) is 18.9 Å². The van der Waals surface area contributed by atoms with Crippen LogP contribution in [0.4, 0.5) is 9.52 Å². The largest absolute Gasteiger partial charge is 0.375 e. The first kappa shape index (κ1) is 10.9. The summed E-state index contributed by atoms with van der Waals surface area (Å²) in [4.78, 5) is 8.70. The van der Waals surface area contributed by atoms with Crippen molar-refractivity contribution < 1.29 is 4.39 Å². The monoisotopic (exact) mass is 274 g/mol. The number of fused-ring (bicyclic) bond motifs is 1. The molecular formula is C13H11FN4S. The zero-order chi connectivity index (χ0) is 13.0. The average molecular weight is 274 g/mol. The highest BCUT2D eigenvalue weighted by atomic mass is 32.1. The quantitative estimate of drug-likeness (QED) is 0.780. The van der Waals surface area contributed by atoms with Crippen molar-refractivity contribution >= 4 is 27.5 Å². The van der Waals surface area contributed by atoms with Crippen LogP contribution in [-0.2, 0) is 0 Å². The molecule has 0 unspecified atom stereocenters. The van der Waals surface area contributed by atoms with Gasteiger partial charge in [-0.15, -0.1) is 11.3 Å². The number of para-hydroxylation sites is 1. The zero-order valence-corrected chi connectivity index (χ0v) is 10.8. The summed E-state index contributed by atoms with van der Waals surface area (Å²) < 4.78 is 16.0. The number of thiazole rings is 1. The van der Waals surface area contributed by atoms with Crippen molar-refractivity contribution in [1.82, 2.24) is 14.5 Å². The molecule has 1 aromatic carbocycles. The van der Waals surface area contributed by atoms with Crippen LogP contribution in [0, 0.1) is 5.82 Å². The predicted octanol–water partition coefficient (Wildman–Crippen LogP) is 3.22. The van der Waals surface area contributed by atoms with Crippen LogP contribution >= 0.6 is 11.3 Å². The van der Waals surface area contributed by atoms with Crippen molar-refractivity contribution in [1.29, 1.82) is 0 Å². The van der Waals surface area contributed by atoms with Crippen molar-refractivity contribution in [3.63, 3.8) is 0 Å². The molecule has 1 fully saturated rings. The molecule has 0 saturated heterocycles. The fourth-order valence-electron chi connectivity index (χ4n) is 2.36. The molecule has 2 aromatic heterocycles. The second-order valence-electron chi connectivity index (χ2n) is 4.72. The van der Waals surface area contributed by atoms with Gasteiger partial charge in [-0.2, -0.15) is 0 Å². The van der Waals surface area contributed by atoms with E-state index in [1.54, 1.807) is 6.07 Å². The number of nitrogens with zero attached hydrogens (tertiary/aromatic N) is 3. The molecule has 0 spiro atoms. The summed E-state index contributed by atoms with van der Waals surface area (Å²) in [6, 6.07) is 5.47. The maximum atomic E-state index is 13.9. The summed E-state index contributed by atoms with van der Waals surface area (Å²) in [6.45, 7) is 0. The van der Waals surface area contributed by atoms with E-state index < -0.39 is 0 Å². The van der Waals surface area contributed by atoms with Crippen LogP contribution in [0.25, 0.3) is 22.6 Å². The van der Waals surface area contributed by atoms with Gasteiger partial charge in [0.2, 0.25) is 0 Å². The first-order chi connectivity index (χ1) is 9.24. The Hall–Kier alpha value is -1.95. The molecule has 19 heavy (non-hydrogen) atoms. The Morgan fingerprint density at radius 2 is 2.16 bits per heavy atom. The number of nitrogen functional groups attached to an aromatic ring is 1. The molecule has 0 radical (unpaired) electrons. The van der Waals surface area contributed by atoms with Gasteiger partial charge < -0.3 is 10.3 Å². The van der Waals surface area contributed by atoms with Crippen LogP contribution in [0.3, 0.4) is 0 Å². The van der Waals surface area contributed by atoms with Gasteiger partial charge in [0.1, 0.15) is 11.2 Å². The summed E-state index contributed by atoms with van der Waals surface area (Å²) in [5.41, 5.74) is 7.66. The van der Waals surface area contributed by atoms with E-state index in [1.165, 1.54) is 17.4 Å². The molecule has 0 amide bonds. The minimum Gasteiger partial charge on any atom is -0.375 e. The number of imidazole rings is 1. The van der Waals surface area contributed by atoms with Gasteiger partial charge in [-0.05, 0) is 25.0 Å². The topological polar surface area (TPSA) is 56.7 Å². The van der Waals surface area contributed by atoms with Gasteiger partial charge in [0.25, 0.3) is 0 Å². The highest BCUT2D eigenvalue weighted by molar-refractivity contribution is 7.13. The summed E-state index contributed by atoms with van der Waals surface area (Å²) in [5, 5.41) is 2.37. The Morgan fingerprint density at radius 3 is 2.84 bits per heavy atom. The van der Waals surface area contributed by atoms with Crippen molar-refractivity contribution in [3.8, 4) is 11.5 Å². The molecule has 0 aliphatic heterocycles. The van der Waals surface area contributed by atoms with Crippen LogP contribution in [-0.4, -0.2) is 14.5 Å². The third-order valence-electron chi connectivity index (χ3n) is 3.33. The number of aromatic nitrogens is 3. The lowest BCUT2D eigenvalue weighted by atomic mass is 10.3. The minimum atomic E-state index is -0.290. The average Bonchev–Trinajstić information content (AvgIpc) is 3.01. The third-order valence-corrected chi connectivity index (χ3v) is 4.01. The number of rotatable bonds is 2. The molecule has 2 N–H and O–H groups in total. The van der Waals surface area contributed by atoms with Crippen LogP contribution in [0.2, 0.25) is 0 Å². The van der Waals surface area contributed by atoms with Gasteiger partial charge >= 0.3 is 0 Å². The van der Waals surface area contributed by atoms with Gasteiger partial charge in [-0.1, -0.05) is 6.07 Å². The number of benzene rings is 1. The minimum absolute atomic E-state index is 0.290. The normalized spacial score (nSPS) is 15.2. The number of halogens is 1. The van der Waals surface area contributed by atoms with E-state index in [4.69, 9.17) is 5.73 Å². The highest BCUT2D eigenvalue weighted by Gasteiger charge is 2.30. The van der Waals surface area contributed by atoms with Crippen LogP contribution in [0.15, 0.2) is 23.6 Å². The number of nitrogens with two attached hydrogens (primary N) is 1. The maximum absolute atomic E-state index is 13.9. The number of hydrogen-bond donors (Lipinski definition) is 1. The van der Waals surface area contributed by atoms with Gasteiger partial charge in [0.15, 0.2) is 16.8 Å². The summed E-state index contributed by atoms with van der Waals surface area (Å²) in [5.74, 6) is 0.428. The van der Waals surface area contributed by atoms with E-state index in [1.807, 2.05) is 11.4 Å². The Kier molecular flexibility index (Phi) is 2.17. The van der Waals surface area contributed by atoms with E-state index in [-0.39, 0.29) is 5.82 Å². The lowest BCUT2D eigenvalue weighted by molar-refractivity contribution is 0.637. The van der Waals surface area contributed by atoms with Crippen LogP contribution in [0.5, 0.6) is 0 Å². The molecule has 1 aliphatic carbocycles. The summed E-state index contributed by atoms with van der Waals surface area (Å²) in [7, 11) is 0. The Labute approximate surface area is 112 Å². The zero-order valence-electron chi connectivity index (χ0n) is 10.0. The van der Waals surface area contributed by atoms with Gasteiger partial charge in [0, 0.05) is 11.4 Å². The Morgan fingerprint density at radius 1 is 1.32 bits per heavy atom. The Bertz CT molecular complexity index is 772. The lowest BCUT2D eigenvalue weighted by Gasteiger charge is -2.05. The summed E-state index contributed by atoms with van der Waals surface area (Å²) >= 11 is 1.37. The van der Waals surface area contributed by atoms with Crippen LogP contribution < -0.4 is 5.73 Å². The van der Waals surface area contributed by atoms with Crippen molar-refractivity contribution in [2.24, 2.45) is 0 Å². The second kappa shape index (κ2) is 3.77. The fourth-order valence-corrected chi connectivity index (χ4v) is 2.90.